The van der Waals surface area contributed by atoms with Crippen molar-refractivity contribution in [2.45, 2.75) is 76.7 Å². The fourth-order valence-electron chi connectivity index (χ4n) is 6.92. The van der Waals surface area contributed by atoms with E-state index in [0.717, 1.165) is 44.9 Å². The lowest BCUT2D eigenvalue weighted by Crippen LogP contribution is -2.55. The minimum Gasteiger partial charge on any atom is -0.347 e. The van der Waals surface area contributed by atoms with Gasteiger partial charge in [-0.1, -0.05) is 18.0 Å². The molecule has 7 nitrogen and oxygen atoms in total. The van der Waals surface area contributed by atoms with Crippen molar-refractivity contribution in [1.29, 1.82) is 0 Å². The lowest BCUT2D eigenvalue weighted by molar-refractivity contribution is -0.147. The van der Waals surface area contributed by atoms with Crippen LogP contribution in [0.2, 0.25) is 0 Å². The van der Waals surface area contributed by atoms with Gasteiger partial charge in [0, 0.05) is 12.3 Å². The maximum absolute atomic E-state index is 13.1. The third kappa shape index (κ3) is 3.03. The average Bonchev–Trinajstić information content (AvgIpc) is 3.28. The van der Waals surface area contributed by atoms with Crippen LogP contribution in [0.1, 0.15) is 75.9 Å². The Morgan fingerprint density at radius 3 is 2.21 bits per heavy atom. The highest BCUT2D eigenvalue weighted by Gasteiger charge is 2.54. The number of nitrogens with one attached hydrogen (secondary N) is 2. The number of carbonyl (C=O) groups excluding carboxylic acids is 2. The Balaban J connectivity index is 1.22. The fourth-order valence-corrected chi connectivity index (χ4v) is 6.92. The number of aromatic nitrogens is 2. The highest BCUT2D eigenvalue weighted by Crippen LogP contribution is 2.60. The van der Waals surface area contributed by atoms with E-state index in [1.807, 2.05) is 0 Å². The van der Waals surface area contributed by atoms with E-state index < -0.39 is 5.54 Å². The smallest absolute Gasteiger partial charge is 0.240 e. The summed E-state index contributed by atoms with van der Waals surface area (Å²) < 4.78 is 5.14. The number of aryl methyl sites for hydroxylation is 1. The van der Waals surface area contributed by atoms with Crippen LogP contribution >= 0.6 is 0 Å². The third-order valence-corrected chi connectivity index (χ3v) is 7.72. The summed E-state index contributed by atoms with van der Waals surface area (Å²) >= 11 is 0. The number of rotatable bonds is 5. The zero-order chi connectivity index (χ0) is 19.4. The maximum atomic E-state index is 13.1. The van der Waals surface area contributed by atoms with Crippen molar-refractivity contribution >= 4 is 11.8 Å². The van der Waals surface area contributed by atoms with Gasteiger partial charge in [0.05, 0.1) is 6.54 Å². The van der Waals surface area contributed by atoms with Crippen LogP contribution in [0.25, 0.3) is 0 Å². The van der Waals surface area contributed by atoms with E-state index in [2.05, 4.69) is 20.8 Å². The Labute approximate surface area is 165 Å². The second-order valence-corrected chi connectivity index (χ2v) is 9.85. The topological polar surface area (TPSA) is 97.1 Å². The second kappa shape index (κ2) is 6.56. The summed E-state index contributed by atoms with van der Waals surface area (Å²) in [7, 11) is 0. The van der Waals surface area contributed by atoms with Crippen LogP contribution in [-0.4, -0.2) is 28.5 Å². The van der Waals surface area contributed by atoms with E-state index in [1.165, 1.54) is 19.3 Å². The van der Waals surface area contributed by atoms with Crippen LogP contribution in [0.15, 0.2) is 4.52 Å². The standard InChI is InChI=1S/C21H30N4O3/c1-13-23-18(25-28-13)21(4-2-3-5-21)24-17(26)12-22-19(27)20-9-14-6-15(10-20)8-16(7-14)11-20/h14-16H,2-12H2,1H3,(H,22,27)(H,24,26). The first-order chi connectivity index (χ1) is 13.5. The Morgan fingerprint density at radius 1 is 1.07 bits per heavy atom. The Bertz CT molecular complexity index is 745. The molecule has 28 heavy (non-hydrogen) atoms. The Kier molecular flexibility index (Phi) is 4.25. The Morgan fingerprint density at radius 2 is 1.68 bits per heavy atom. The molecule has 2 N–H and O–H groups in total. The van der Waals surface area contributed by atoms with Gasteiger partial charge in [0.2, 0.25) is 17.7 Å². The average molecular weight is 386 g/mol. The number of carbonyl (C=O) groups is 2. The van der Waals surface area contributed by atoms with Crippen LogP contribution in [0.5, 0.6) is 0 Å². The van der Waals surface area contributed by atoms with Crippen LogP contribution in [-0.2, 0) is 15.1 Å². The summed E-state index contributed by atoms with van der Waals surface area (Å²) in [6.45, 7) is 1.78. The van der Waals surface area contributed by atoms with Gasteiger partial charge in [-0.05, 0) is 69.1 Å². The maximum Gasteiger partial charge on any atom is 0.240 e. The van der Waals surface area contributed by atoms with Crippen molar-refractivity contribution in [2.75, 3.05) is 6.54 Å². The van der Waals surface area contributed by atoms with Crippen molar-refractivity contribution in [3.05, 3.63) is 11.7 Å². The first-order valence-corrected chi connectivity index (χ1v) is 10.9. The third-order valence-electron chi connectivity index (χ3n) is 7.72. The van der Waals surface area contributed by atoms with E-state index in [4.69, 9.17) is 4.52 Å². The van der Waals surface area contributed by atoms with Crippen LogP contribution in [0.4, 0.5) is 0 Å². The second-order valence-electron chi connectivity index (χ2n) is 9.85. The number of hydrogen-bond acceptors (Lipinski definition) is 5. The molecule has 5 aliphatic rings. The summed E-state index contributed by atoms with van der Waals surface area (Å²) in [4.78, 5) is 30.1. The quantitative estimate of drug-likeness (QED) is 0.811. The zero-order valence-corrected chi connectivity index (χ0v) is 16.6. The molecule has 0 atom stereocenters. The largest absolute Gasteiger partial charge is 0.347 e. The molecule has 152 valence electrons. The lowest BCUT2D eigenvalue weighted by atomic mass is 9.49. The molecule has 1 aromatic rings. The summed E-state index contributed by atoms with van der Waals surface area (Å²) in [6, 6.07) is 0. The molecular weight excluding hydrogens is 356 g/mol. The van der Waals surface area contributed by atoms with E-state index in [0.29, 0.717) is 29.5 Å². The molecule has 0 spiro atoms. The number of hydrogen-bond donors (Lipinski definition) is 2. The number of amides is 2. The zero-order valence-electron chi connectivity index (χ0n) is 16.6. The van der Waals surface area contributed by atoms with Gasteiger partial charge < -0.3 is 15.2 Å². The van der Waals surface area contributed by atoms with Gasteiger partial charge in [0.25, 0.3) is 0 Å². The highest BCUT2D eigenvalue weighted by atomic mass is 16.5. The molecule has 5 saturated carbocycles. The SMILES string of the molecule is Cc1nc(C2(NC(=O)CNC(=O)C34CC5CC(CC(C5)C3)C4)CCCC2)no1. The van der Waals surface area contributed by atoms with Crippen molar-refractivity contribution < 1.29 is 14.1 Å². The predicted molar refractivity (Wildman–Crippen MR) is 101 cm³/mol. The van der Waals surface area contributed by atoms with E-state index >= 15 is 0 Å². The first kappa shape index (κ1) is 18.1. The van der Waals surface area contributed by atoms with Gasteiger partial charge in [-0.25, -0.2) is 0 Å². The van der Waals surface area contributed by atoms with Crippen LogP contribution in [0.3, 0.4) is 0 Å². The molecule has 1 aromatic heterocycles. The van der Waals surface area contributed by atoms with Gasteiger partial charge in [-0.2, -0.15) is 4.98 Å². The molecule has 6 rings (SSSR count). The monoisotopic (exact) mass is 386 g/mol. The summed E-state index contributed by atoms with van der Waals surface area (Å²) in [5.74, 6) is 3.14. The lowest BCUT2D eigenvalue weighted by Gasteiger charge is -2.55. The molecule has 2 amide bonds. The molecule has 1 heterocycles. The molecule has 0 saturated heterocycles. The highest BCUT2D eigenvalue weighted by molar-refractivity contribution is 5.88. The molecular formula is C21H30N4O3. The van der Waals surface area contributed by atoms with Gasteiger partial charge in [-0.3, -0.25) is 9.59 Å². The molecule has 5 aliphatic carbocycles. The minimum absolute atomic E-state index is 0.0270. The predicted octanol–water partition coefficient (Wildman–Crippen LogP) is 2.60. The van der Waals surface area contributed by atoms with Gasteiger partial charge in [-0.15, -0.1) is 0 Å². The van der Waals surface area contributed by atoms with Crippen molar-refractivity contribution in [3.63, 3.8) is 0 Å². The van der Waals surface area contributed by atoms with Gasteiger partial charge >= 0.3 is 0 Å². The van der Waals surface area contributed by atoms with Gasteiger partial charge in [0.15, 0.2) is 5.82 Å². The molecule has 0 radical (unpaired) electrons. The van der Waals surface area contributed by atoms with E-state index in [-0.39, 0.29) is 23.8 Å². The Hall–Kier alpha value is -1.92. The molecule has 5 fully saturated rings. The summed E-state index contributed by atoms with van der Waals surface area (Å²) in [5, 5.41) is 10.1. The molecule has 7 heteroatoms. The van der Waals surface area contributed by atoms with Crippen LogP contribution in [0, 0.1) is 30.1 Å². The van der Waals surface area contributed by atoms with Gasteiger partial charge in [0.1, 0.15) is 5.54 Å². The van der Waals surface area contributed by atoms with Crippen molar-refractivity contribution in [3.8, 4) is 0 Å². The molecule has 0 aromatic carbocycles. The van der Waals surface area contributed by atoms with Crippen LogP contribution < -0.4 is 10.6 Å². The summed E-state index contributed by atoms with van der Waals surface area (Å²) in [6.07, 6.45) is 10.6. The number of nitrogens with zero attached hydrogens (tertiary/aromatic N) is 2. The molecule has 0 unspecified atom stereocenters. The minimum atomic E-state index is -0.555. The van der Waals surface area contributed by atoms with Crippen molar-refractivity contribution in [2.24, 2.45) is 23.2 Å². The van der Waals surface area contributed by atoms with E-state index in [9.17, 15) is 9.59 Å². The first-order valence-electron chi connectivity index (χ1n) is 10.9. The molecule has 0 aliphatic heterocycles. The van der Waals surface area contributed by atoms with E-state index in [1.54, 1.807) is 6.92 Å². The normalized spacial score (nSPS) is 35.1. The van der Waals surface area contributed by atoms with Crippen molar-refractivity contribution in [1.82, 2.24) is 20.8 Å². The molecule has 4 bridgehead atoms. The fraction of sp³-hybridized carbons (Fsp3) is 0.810. The summed E-state index contributed by atoms with van der Waals surface area (Å²) in [5.41, 5.74) is -0.773.